The monoisotopic (exact) mass is 446 g/mol. The molecule has 14 heteroatoms. The van der Waals surface area contributed by atoms with Gasteiger partial charge >= 0.3 is 5.97 Å². The Morgan fingerprint density at radius 3 is 2.55 bits per heavy atom. The Labute approximate surface area is 173 Å². The Bertz CT molecular complexity index is 1400. The number of aryl methyl sites for hydroxylation is 1. The molecule has 0 bridgehead atoms. The van der Waals surface area contributed by atoms with Crippen LogP contribution in [0.4, 0.5) is 17.1 Å². The molecule has 160 valence electrons. The maximum Gasteiger partial charge on any atom is 0.338 e. The van der Waals surface area contributed by atoms with E-state index in [4.69, 9.17) is 5.14 Å². The Hall–Kier alpha value is -4.17. The smallest absolute Gasteiger partial charge is 0.338 e. The van der Waals surface area contributed by atoms with Gasteiger partial charge in [-0.25, -0.2) is 23.0 Å². The van der Waals surface area contributed by atoms with E-state index in [0.717, 1.165) is 22.9 Å². The molecule has 31 heavy (non-hydrogen) atoms. The highest BCUT2D eigenvalue weighted by molar-refractivity contribution is 7.89. The Kier molecular flexibility index (Phi) is 5.51. The van der Waals surface area contributed by atoms with Gasteiger partial charge in [0.1, 0.15) is 5.69 Å². The van der Waals surface area contributed by atoms with Crippen molar-refractivity contribution in [2.75, 3.05) is 0 Å². The summed E-state index contributed by atoms with van der Waals surface area (Å²) in [7, 11) is -3.99. The van der Waals surface area contributed by atoms with Gasteiger partial charge in [-0.05, 0) is 31.2 Å². The number of nitrogens with zero attached hydrogens (tertiary/aromatic N) is 4. The molecule has 4 N–H and O–H groups in total. The minimum atomic E-state index is -3.99. The summed E-state index contributed by atoms with van der Waals surface area (Å²) in [5.41, 5.74) is -1.53. The number of nitro benzene ring substituents is 1. The minimum Gasteiger partial charge on any atom is -0.478 e. The van der Waals surface area contributed by atoms with Crippen molar-refractivity contribution >= 4 is 33.1 Å². The number of primary sulfonamides is 1. The maximum atomic E-state index is 12.7. The molecule has 0 amide bonds. The number of aromatic nitrogens is 2. The van der Waals surface area contributed by atoms with E-state index >= 15 is 0 Å². The number of carboxylic acid groups (broad SMARTS) is 1. The van der Waals surface area contributed by atoms with Crippen molar-refractivity contribution in [2.45, 2.75) is 11.8 Å². The van der Waals surface area contributed by atoms with Crippen LogP contribution in [0.2, 0.25) is 0 Å². The molecule has 0 radical (unpaired) electrons. The lowest BCUT2D eigenvalue weighted by atomic mass is 10.1. The summed E-state index contributed by atoms with van der Waals surface area (Å²) in [5, 5.41) is 35.5. The standard InChI is InChI=1S/C17H14N6O7S/c1-9-15(20-19-14-6-5-11(23(27)28)8-13(14)17(25)26)16(24)22(21-9)10-3-2-4-12(7-10)31(18,29)30/h2-8,21H,1H3,(H,25,26)(H2,18,29,30). The fraction of sp³-hybridized carbons (Fsp3) is 0.0588. The lowest BCUT2D eigenvalue weighted by molar-refractivity contribution is -0.384. The van der Waals surface area contributed by atoms with E-state index in [1.165, 1.54) is 31.2 Å². The quantitative estimate of drug-likeness (QED) is 0.292. The van der Waals surface area contributed by atoms with Gasteiger partial charge in [0.2, 0.25) is 10.0 Å². The first-order valence-electron chi connectivity index (χ1n) is 8.37. The van der Waals surface area contributed by atoms with E-state index in [1.807, 2.05) is 0 Å². The molecule has 0 unspecified atom stereocenters. The van der Waals surface area contributed by atoms with Crippen LogP contribution < -0.4 is 10.7 Å². The number of azo groups is 1. The lowest BCUT2D eigenvalue weighted by Crippen LogP contribution is -2.16. The van der Waals surface area contributed by atoms with Crippen LogP contribution in [-0.2, 0) is 10.0 Å². The van der Waals surface area contributed by atoms with Gasteiger partial charge < -0.3 is 5.11 Å². The van der Waals surface area contributed by atoms with Crippen LogP contribution in [0.15, 0.2) is 62.4 Å². The molecule has 0 aliphatic carbocycles. The van der Waals surface area contributed by atoms with Gasteiger partial charge in [-0.3, -0.25) is 20.0 Å². The van der Waals surface area contributed by atoms with Gasteiger partial charge in [0.05, 0.1) is 26.8 Å². The number of carbonyl (C=O) groups is 1. The van der Waals surface area contributed by atoms with Crippen molar-refractivity contribution in [3.05, 3.63) is 74.2 Å². The van der Waals surface area contributed by atoms with Crippen molar-refractivity contribution in [2.24, 2.45) is 15.4 Å². The number of aromatic carboxylic acids is 1. The lowest BCUT2D eigenvalue weighted by Gasteiger charge is -2.03. The summed E-state index contributed by atoms with van der Waals surface area (Å²) >= 11 is 0. The summed E-state index contributed by atoms with van der Waals surface area (Å²) in [4.78, 5) is 34.0. The molecule has 0 saturated carbocycles. The largest absolute Gasteiger partial charge is 0.478 e. The highest BCUT2D eigenvalue weighted by atomic mass is 32.2. The molecule has 0 spiro atoms. The van der Waals surface area contributed by atoms with Crippen LogP contribution in [-0.4, -0.2) is 34.2 Å². The van der Waals surface area contributed by atoms with Gasteiger partial charge in [0, 0.05) is 12.1 Å². The first-order chi connectivity index (χ1) is 14.5. The second-order valence-electron chi connectivity index (χ2n) is 6.23. The van der Waals surface area contributed by atoms with Crippen LogP contribution in [0.1, 0.15) is 16.1 Å². The number of nitrogens with one attached hydrogen (secondary N) is 1. The molecule has 0 fully saturated rings. The number of nitro groups is 1. The molecule has 1 heterocycles. The molecule has 3 aromatic rings. The van der Waals surface area contributed by atoms with Crippen molar-refractivity contribution in [1.82, 2.24) is 9.78 Å². The molecule has 0 saturated heterocycles. The van der Waals surface area contributed by atoms with Crippen molar-refractivity contribution in [3.63, 3.8) is 0 Å². The average Bonchev–Trinajstić information content (AvgIpc) is 2.99. The fourth-order valence-corrected chi connectivity index (χ4v) is 3.19. The molecule has 0 aliphatic rings. The number of non-ortho nitro benzene ring substituents is 1. The first-order valence-corrected chi connectivity index (χ1v) is 9.92. The first kappa shape index (κ1) is 21.5. The number of hydrogen-bond donors (Lipinski definition) is 3. The zero-order valence-electron chi connectivity index (χ0n) is 15.7. The van der Waals surface area contributed by atoms with E-state index in [9.17, 15) is 33.2 Å². The molecule has 3 rings (SSSR count). The fourth-order valence-electron chi connectivity index (χ4n) is 2.64. The van der Waals surface area contributed by atoms with Gasteiger partial charge in [-0.1, -0.05) is 6.07 Å². The number of hydrogen-bond acceptors (Lipinski definition) is 8. The second kappa shape index (κ2) is 7.92. The van der Waals surface area contributed by atoms with Crippen molar-refractivity contribution < 1.29 is 23.2 Å². The number of rotatable bonds is 6. The summed E-state index contributed by atoms with van der Waals surface area (Å²) in [6.07, 6.45) is 0. The molecular formula is C17H14N6O7S. The topological polar surface area (TPSA) is 203 Å². The summed E-state index contributed by atoms with van der Waals surface area (Å²) < 4.78 is 24.1. The third kappa shape index (κ3) is 4.39. The van der Waals surface area contributed by atoms with E-state index in [2.05, 4.69) is 15.3 Å². The maximum absolute atomic E-state index is 12.7. The minimum absolute atomic E-state index is 0.169. The molecule has 2 aromatic carbocycles. The molecular weight excluding hydrogens is 432 g/mol. The number of carboxylic acids is 1. The molecule has 0 aliphatic heterocycles. The third-order valence-electron chi connectivity index (χ3n) is 4.12. The summed E-state index contributed by atoms with van der Waals surface area (Å²) in [6, 6.07) is 8.30. The van der Waals surface area contributed by atoms with Gasteiger partial charge in [-0.15, -0.1) is 10.2 Å². The number of sulfonamides is 1. The molecule has 13 nitrogen and oxygen atoms in total. The van der Waals surface area contributed by atoms with Crippen LogP contribution in [0.3, 0.4) is 0 Å². The summed E-state index contributed by atoms with van der Waals surface area (Å²) in [5.74, 6) is -1.46. The van der Waals surface area contributed by atoms with Crippen LogP contribution in [0.25, 0.3) is 5.69 Å². The Morgan fingerprint density at radius 1 is 1.23 bits per heavy atom. The van der Waals surface area contributed by atoms with Gasteiger partial charge in [-0.2, -0.15) is 0 Å². The van der Waals surface area contributed by atoms with Crippen LogP contribution in [0.5, 0.6) is 0 Å². The highest BCUT2D eigenvalue weighted by Gasteiger charge is 2.18. The van der Waals surface area contributed by atoms with E-state index in [1.54, 1.807) is 0 Å². The van der Waals surface area contributed by atoms with Gasteiger partial charge in [0.15, 0.2) is 5.69 Å². The Morgan fingerprint density at radius 2 is 1.94 bits per heavy atom. The van der Waals surface area contributed by atoms with E-state index in [-0.39, 0.29) is 27.7 Å². The predicted molar refractivity (Wildman–Crippen MR) is 107 cm³/mol. The zero-order valence-corrected chi connectivity index (χ0v) is 16.5. The normalized spacial score (nSPS) is 11.7. The van der Waals surface area contributed by atoms with Crippen molar-refractivity contribution in [3.8, 4) is 5.69 Å². The van der Waals surface area contributed by atoms with E-state index in [0.29, 0.717) is 0 Å². The van der Waals surface area contributed by atoms with Gasteiger partial charge in [0.25, 0.3) is 11.2 Å². The second-order valence-corrected chi connectivity index (χ2v) is 7.79. The predicted octanol–water partition coefficient (Wildman–Crippen LogP) is 2.14. The summed E-state index contributed by atoms with van der Waals surface area (Å²) in [6.45, 7) is 1.50. The van der Waals surface area contributed by atoms with Crippen molar-refractivity contribution in [1.29, 1.82) is 0 Å². The van der Waals surface area contributed by atoms with Crippen LogP contribution >= 0.6 is 0 Å². The Balaban J connectivity index is 2.05. The third-order valence-corrected chi connectivity index (χ3v) is 5.03. The number of H-pyrrole nitrogens is 1. The highest BCUT2D eigenvalue weighted by Crippen LogP contribution is 2.27. The number of nitrogens with two attached hydrogens (primary N) is 1. The average molecular weight is 446 g/mol. The van der Waals surface area contributed by atoms with Crippen LogP contribution in [0, 0.1) is 17.0 Å². The number of aromatic amines is 1. The SMILES string of the molecule is Cc1[nH]n(-c2cccc(S(N)(=O)=O)c2)c(=O)c1N=Nc1ccc([N+](=O)[O-])cc1C(=O)O. The molecule has 0 atom stereocenters. The van der Waals surface area contributed by atoms with E-state index < -0.39 is 37.7 Å². The zero-order chi connectivity index (χ0) is 22.9. The molecule has 1 aromatic heterocycles. The number of benzene rings is 2.